The molecule has 72 valence electrons. The Balaban J connectivity index is 2.76. The van der Waals surface area contributed by atoms with Gasteiger partial charge in [-0.15, -0.1) is 11.6 Å². The highest BCUT2D eigenvalue weighted by Gasteiger charge is 2.47. The fourth-order valence-corrected chi connectivity index (χ4v) is 1.48. The maximum absolute atomic E-state index is 9.09. The summed E-state index contributed by atoms with van der Waals surface area (Å²) < 4.78 is 0. The van der Waals surface area contributed by atoms with Crippen LogP contribution in [0.4, 0.5) is 0 Å². The molecule has 0 heterocycles. The molecule has 0 aromatic heterocycles. The first-order chi connectivity index (χ1) is 5.46. The lowest BCUT2D eigenvalue weighted by Crippen LogP contribution is -2.61. The highest BCUT2D eigenvalue weighted by atomic mass is 35.5. The van der Waals surface area contributed by atoms with Crippen LogP contribution in [-0.4, -0.2) is 61.4 Å². The number of halogens is 1. The molecular weight excluding hydrogens is 188 g/mol. The van der Waals surface area contributed by atoms with Gasteiger partial charge >= 0.3 is 0 Å². The van der Waals surface area contributed by atoms with Crippen molar-refractivity contribution in [2.24, 2.45) is 0 Å². The molecule has 6 atom stereocenters. The monoisotopic (exact) mass is 198 g/mol. The van der Waals surface area contributed by atoms with Gasteiger partial charge in [-0.25, -0.2) is 0 Å². The Kier molecular flexibility index (Phi) is 2.92. The molecule has 0 radical (unpaired) electrons. The number of hydrogen-bond acceptors (Lipinski definition) is 5. The standard InChI is InChI=1S/C6H11ClO5/c7-1-2(8)4(10)6(12)5(11)3(1)9/h1-6,8-12H/t1?,2-,3+,4+,5-,6?. The van der Waals surface area contributed by atoms with Gasteiger partial charge in [0.05, 0.1) is 5.38 Å². The zero-order valence-electron chi connectivity index (χ0n) is 6.08. The van der Waals surface area contributed by atoms with Crippen LogP contribution in [0.1, 0.15) is 0 Å². The van der Waals surface area contributed by atoms with Crippen LogP contribution in [0.5, 0.6) is 0 Å². The normalized spacial score (nSPS) is 55.5. The van der Waals surface area contributed by atoms with Crippen molar-refractivity contribution in [2.45, 2.75) is 35.9 Å². The molecule has 0 aromatic carbocycles. The molecule has 1 saturated carbocycles. The maximum Gasteiger partial charge on any atom is 0.111 e. The molecule has 0 aromatic rings. The fourth-order valence-electron chi connectivity index (χ4n) is 1.18. The molecule has 1 aliphatic rings. The molecule has 0 saturated heterocycles. The summed E-state index contributed by atoms with van der Waals surface area (Å²) in [6.45, 7) is 0. The van der Waals surface area contributed by atoms with Crippen LogP contribution in [0.15, 0.2) is 0 Å². The van der Waals surface area contributed by atoms with Crippen molar-refractivity contribution in [3.8, 4) is 0 Å². The van der Waals surface area contributed by atoms with Gasteiger partial charge < -0.3 is 25.5 Å². The Bertz CT molecular complexity index is 107. The topological polar surface area (TPSA) is 101 Å². The molecule has 0 bridgehead atoms. The van der Waals surface area contributed by atoms with Crippen LogP contribution < -0.4 is 0 Å². The van der Waals surface area contributed by atoms with E-state index in [1.165, 1.54) is 0 Å². The number of aliphatic hydroxyl groups is 5. The third-order valence-electron chi connectivity index (χ3n) is 2.05. The van der Waals surface area contributed by atoms with E-state index in [1.807, 2.05) is 0 Å². The largest absolute Gasteiger partial charge is 0.389 e. The van der Waals surface area contributed by atoms with Crippen LogP contribution in [-0.2, 0) is 0 Å². The van der Waals surface area contributed by atoms with E-state index in [1.54, 1.807) is 0 Å². The van der Waals surface area contributed by atoms with Crippen LogP contribution in [0.2, 0.25) is 0 Å². The predicted molar refractivity (Wildman–Crippen MR) is 39.7 cm³/mol. The minimum absolute atomic E-state index is 1.17. The van der Waals surface area contributed by atoms with E-state index in [-0.39, 0.29) is 0 Å². The average molecular weight is 199 g/mol. The second-order valence-corrected chi connectivity index (χ2v) is 3.40. The third kappa shape index (κ3) is 1.44. The Morgan fingerprint density at radius 2 is 0.833 bits per heavy atom. The van der Waals surface area contributed by atoms with Gasteiger partial charge in [0.1, 0.15) is 30.5 Å². The van der Waals surface area contributed by atoms with Crippen molar-refractivity contribution >= 4 is 11.6 Å². The van der Waals surface area contributed by atoms with E-state index in [4.69, 9.17) is 37.1 Å². The highest BCUT2D eigenvalue weighted by Crippen LogP contribution is 2.24. The Morgan fingerprint density at radius 1 is 0.583 bits per heavy atom. The molecular formula is C6H11ClO5. The lowest BCUT2D eigenvalue weighted by Gasteiger charge is -2.39. The van der Waals surface area contributed by atoms with Crippen molar-refractivity contribution < 1.29 is 25.5 Å². The van der Waals surface area contributed by atoms with Crippen molar-refractivity contribution in [1.29, 1.82) is 0 Å². The minimum Gasteiger partial charge on any atom is -0.389 e. The molecule has 0 aliphatic heterocycles. The van der Waals surface area contributed by atoms with E-state index in [0.717, 1.165) is 0 Å². The molecule has 1 aliphatic carbocycles. The van der Waals surface area contributed by atoms with Crippen molar-refractivity contribution in [1.82, 2.24) is 0 Å². The number of hydrogen-bond donors (Lipinski definition) is 5. The molecule has 5 N–H and O–H groups in total. The van der Waals surface area contributed by atoms with Crippen LogP contribution in [0.25, 0.3) is 0 Å². The molecule has 0 amide bonds. The Morgan fingerprint density at radius 3 is 1.17 bits per heavy atom. The van der Waals surface area contributed by atoms with Gasteiger partial charge in [-0.1, -0.05) is 0 Å². The molecule has 5 nitrogen and oxygen atoms in total. The summed E-state index contributed by atoms with van der Waals surface area (Å²) in [7, 11) is 0. The van der Waals surface area contributed by atoms with Gasteiger partial charge in [0.25, 0.3) is 0 Å². The third-order valence-corrected chi connectivity index (χ3v) is 2.57. The minimum atomic E-state index is -1.56. The van der Waals surface area contributed by atoms with E-state index in [2.05, 4.69) is 0 Å². The maximum atomic E-state index is 9.09. The summed E-state index contributed by atoms with van der Waals surface area (Å²) in [5, 5.41) is 44.1. The van der Waals surface area contributed by atoms with Crippen molar-refractivity contribution in [3.63, 3.8) is 0 Å². The first-order valence-electron chi connectivity index (χ1n) is 3.51. The second-order valence-electron chi connectivity index (χ2n) is 2.90. The van der Waals surface area contributed by atoms with Gasteiger partial charge in [-0.3, -0.25) is 0 Å². The quantitative estimate of drug-likeness (QED) is 0.275. The fraction of sp³-hybridized carbons (Fsp3) is 1.00. The van der Waals surface area contributed by atoms with E-state index in [9.17, 15) is 0 Å². The summed E-state index contributed by atoms with van der Waals surface area (Å²) in [6.07, 6.45) is -7.47. The Hall–Kier alpha value is 0.0900. The van der Waals surface area contributed by atoms with Crippen LogP contribution in [0.3, 0.4) is 0 Å². The number of rotatable bonds is 0. The Labute approximate surface area is 73.8 Å². The summed E-state index contributed by atoms with van der Waals surface area (Å²) in [6, 6.07) is 0. The SMILES string of the molecule is OC1[C@@H](O)[C@H](O)C(Cl)[C@H](O)[C@H]1O. The molecule has 6 heteroatoms. The first-order valence-corrected chi connectivity index (χ1v) is 3.95. The summed E-state index contributed by atoms with van der Waals surface area (Å²) >= 11 is 5.44. The van der Waals surface area contributed by atoms with E-state index < -0.39 is 35.9 Å². The highest BCUT2D eigenvalue weighted by molar-refractivity contribution is 6.21. The van der Waals surface area contributed by atoms with E-state index >= 15 is 0 Å². The summed E-state index contributed by atoms with van der Waals surface area (Å²) in [4.78, 5) is 0. The molecule has 1 fully saturated rings. The summed E-state index contributed by atoms with van der Waals surface area (Å²) in [5.74, 6) is 0. The zero-order valence-corrected chi connectivity index (χ0v) is 6.83. The van der Waals surface area contributed by atoms with Crippen molar-refractivity contribution in [3.05, 3.63) is 0 Å². The number of aliphatic hydroxyl groups excluding tert-OH is 5. The van der Waals surface area contributed by atoms with Crippen LogP contribution >= 0.6 is 11.6 Å². The molecule has 0 spiro atoms. The molecule has 2 unspecified atom stereocenters. The molecule has 12 heavy (non-hydrogen) atoms. The number of alkyl halides is 1. The zero-order chi connectivity index (χ0) is 9.46. The van der Waals surface area contributed by atoms with Gasteiger partial charge in [0, 0.05) is 0 Å². The van der Waals surface area contributed by atoms with Gasteiger partial charge in [0.15, 0.2) is 0 Å². The lowest BCUT2D eigenvalue weighted by molar-refractivity contribution is -0.173. The second kappa shape index (κ2) is 3.45. The lowest BCUT2D eigenvalue weighted by atomic mass is 9.87. The molecule has 1 rings (SSSR count). The van der Waals surface area contributed by atoms with Gasteiger partial charge in [0.2, 0.25) is 0 Å². The predicted octanol–water partition coefficient (Wildman–Crippen LogP) is -2.59. The average Bonchev–Trinajstić information content (AvgIpc) is 2.08. The van der Waals surface area contributed by atoms with Crippen LogP contribution in [0, 0.1) is 0 Å². The van der Waals surface area contributed by atoms with Crippen molar-refractivity contribution in [2.75, 3.05) is 0 Å². The first kappa shape index (κ1) is 10.2. The van der Waals surface area contributed by atoms with E-state index in [0.29, 0.717) is 0 Å². The van der Waals surface area contributed by atoms with Gasteiger partial charge in [-0.05, 0) is 0 Å². The smallest absolute Gasteiger partial charge is 0.111 e. The summed E-state index contributed by atoms with van der Waals surface area (Å²) in [5.41, 5.74) is 0. The van der Waals surface area contributed by atoms with Gasteiger partial charge in [-0.2, -0.15) is 0 Å².